The highest BCUT2D eigenvalue weighted by molar-refractivity contribution is 5.80. The van der Waals surface area contributed by atoms with Crippen LogP contribution in [-0.4, -0.2) is 43.6 Å². The summed E-state index contributed by atoms with van der Waals surface area (Å²) in [5, 5.41) is 16.1. The van der Waals surface area contributed by atoms with Crippen LogP contribution in [-0.2, 0) is 11.8 Å². The standard InChI is InChI=1S/C14H15N7O/c1-20-13(22)5-10(14(20)11-3-4-18-21(11)2)19-12-8-16-9(6-15)7-17-12/h3-4,7-8,10,14H,5H2,1-2H3,(H,17,19)/t10-,14-/m1/s1. The molecule has 3 heterocycles. The Morgan fingerprint density at radius 2 is 2.18 bits per heavy atom. The van der Waals surface area contributed by atoms with Crippen molar-refractivity contribution >= 4 is 11.7 Å². The number of likely N-dealkylation sites (N-methyl/N-ethyl adjacent to an activating group) is 1. The average molecular weight is 297 g/mol. The van der Waals surface area contributed by atoms with E-state index >= 15 is 0 Å². The fourth-order valence-corrected chi connectivity index (χ4v) is 2.73. The Balaban J connectivity index is 1.86. The van der Waals surface area contributed by atoms with E-state index in [0.29, 0.717) is 12.2 Å². The molecule has 112 valence electrons. The lowest BCUT2D eigenvalue weighted by atomic mass is 10.1. The summed E-state index contributed by atoms with van der Waals surface area (Å²) in [5.41, 5.74) is 1.21. The molecule has 1 amide bonds. The number of anilines is 1. The molecule has 0 aliphatic carbocycles. The fraction of sp³-hybridized carbons (Fsp3) is 0.357. The van der Waals surface area contributed by atoms with Gasteiger partial charge in [0.25, 0.3) is 0 Å². The largest absolute Gasteiger partial charge is 0.363 e. The van der Waals surface area contributed by atoms with Crippen LogP contribution in [0.25, 0.3) is 0 Å². The number of nitrogens with one attached hydrogen (secondary N) is 1. The van der Waals surface area contributed by atoms with E-state index in [4.69, 9.17) is 5.26 Å². The van der Waals surface area contributed by atoms with Crippen LogP contribution in [0, 0.1) is 11.3 Å². The van der Waals surface area contributed by atoms with Gasteiger partial charge < -0.3 is 10.2 Å². The van der Waals surface area contributed by atoms with Crippen molar-refractivity contribution in [3.05, 3.63) is 36.0 Å². The molecule has 8 heteroatoms. The van der Waals surface area contributed by atoms with Crippen LogP contribution in [0.15, 0.2) is 24.7 Å². The first-order valence-electron chi connectivity index (χ1n) is 6.82. The van der Waals surface area contributed by atoms with E-state index in [1.54, 1.807) is 22.8 Å². The summed E-state index contributed by atoms with van der Waals surface area (Å²) in [6.45, 7) is 0. The minimum Gasteiger partial charge on any atom is -0.363 e. The summed E-state index contributed by atoms with van der Waals surface area (Å²) in [7, 11) is 3.64. The van der Waals surface area contributed by atoms with E-state index in [2.05, 4.69) is 20.4 Å². The molecule has 0 radical (unpaired) electrons. The van der Waals surface area contributed by atoms with Gasteiger partial charge >= 0.3 is 0 Å². The molecular formula is C14H15N7O. The normalized spacial score (nSPS) is 21.0. The summed E-state index contributed by atoms with van der Waals surface area (Å²) < 4.78 is 1.76. The number of carbonyl (C=O) groups excluding carboxylic acids is 1. The topological polar surface area (TPSA) is 99.7 Å². The van der Waals surface area contributed by atoms with Crippen molar-refractivity contribution < 1.29 is 4.79 Å². The first kappa shape index (κ1) is 14.0. The van der Waals surface area contributed by atoms with Crippen LogP contribution in [0.1, 0.15) is 23.9 Å². The van der Waals surface area contributed by atoms with Gasteiger partial charge in [-0.15, -0.1) is 0 Å². The number of likely N-dealkylation sites (tertiary alicyclic amines) is 1. The predicted molar refractivity (Wildman–Crippen MR) is 77.5 cm³/mol. The third-order valence-corrected chi connectivity index (χ3v) is 3.85. The number of rotatable bonds is 3. The molecule has 2 aromatic heterocycles. The second-order valence-electron chi connectivity index (χ2n) is 5.18. The van der Waals surface area contributed by atoms with E-state index in [-0.39, 0.29) is 23.7 Å². The van der Waals surface area contributed by atoms with Gasteiger partial charge in [-0.05, 0) is 6.07 Å². The van der Waals surface area contributed by atoms with E-state index in [9.17, 15) is 4.79 Å². The number of nitrogens with zero attached hydrogens (tertiary/aromatic N) is 6. The van der Waals surface area contributed by atoms with E-state index in [1.165, 1.54) is 12.4 Å². The Kier molecular flexibility index (Phi) is 3.47. The average Bonchev–Trinajstić information content (AvgIpc) is 3.04. The third kappa shape index (κ3) is 2.37. The Hall–Kier alpha value is -2.95. The molecule has 2 atom stereocenters. The Morgan fingerprint density at radius 1 is 1.36 bits per heavy atom. The number of aromatic nitrogens is 4. The zero-order valence-electron chi connectivity index (χ0n) is 12.3. The molecule has 3 rings (SSSR count). The van der Waals surface area contributed by atoms with Gasteiger partial charge in [0, 0.05) is 26.7 Å². The zero-order valence-corrected chi connectivity index (χ0v) is 12.3. The lowest BCUT2D eigenvalue weighted by molar-refractivity contribution is -0.127. The number of nitriles is 1. The van der Waals surface area contributed by atoms with Gasteiger partial charge in [0.05, 0.1) is 30.2 Å². The van der Waals surface area contributed by atoms with Gasteiger partial charge in [0.15, 0.2) is 5.69 Å². The van der Waals surface area contributed by atoms with Gasteiger partial charge in [-0.2, -0.15) is 10.4 Å². The summed E-state index contributed by atoms with van der Waals surface area (Å²) in [5.74, 6) is 0.601. The van der Waals surface area contributed by atoms with E-state index in [1.807, 2.05) is 19.2 Å². The Labute approximate surface area is 127 Å². The number of carbonyl (C=O) groups is 1. The predicted octanol–water partition coefficient (Wildman–Crippen LogP) is 0.466. The van der Waals surface area contributed by atoms with Crippen molar-refractivity contribution in [3.63, 3.8) is 0 Å². The number of hydrogen-bond donors (Lipinski definition) is 1. The highest BCUT2D eigenvalue weighted by atomic mass is 16.2. The molecule has 1 aliphatic rings. The number of amides is 1. The molecule has 1 aliphatic heterocycles. The first-order chi connectivity index (χ1) is 10.6. The molecular weight excluding hydrogens is 282 g/mol. The van der Waals surface area contributed by atoms with Crippen LogP contribution in [0.2, 0.25) is 0 Å². The summed E-state index contributed by atoms with van der Waals surface area (Å²) in [4.78, 5) is 21.9. The maximum atomic E-state index is 12.1. The van der Waals surface area contributed by atoms with Crippen LogP contribution >= 0.6 is 0 Å². The highest BCUT2D eigenvalue weighted by Crippen LogP contribution is 2.33. The van der Waals surface area contributed by atoms with Crippen LogP contribution in [0.4, 0.5) is 5.82 Å². The minimum absolute atomic E-state index is 0.0605. The maximum Gasteiger partial charge on any atom is 0.225 e. The zero-order chi connectivity index (χ0) is 15.7. The smallest absolute Gasteiger partial charge is 0.225 e. The molecule has 0 saturated carbocycles. The van der Waals surface area contributed by atoms with Crippen molar-refractivity contribution in [2.75, 3.05) is 12.4 Å². The lowest BCUT2D eigenvalue weighted by Gasteiger charge is -2.25. The molecule has 8 nitrogen and oxygen atoms in total. The Bertz CT molecular complexity index is 730. The van der Waals surface area contributed by atoms with Crippen LogP contribution in [0.5, 0.6) is 0 Å². The SMILES string of the molecule is CN1C(=O)C[C@@H](Nc2cnc(C#N)cn2)[C@@H]1c1ccnn1C. The van der Waals surface area contributed by atoms with Crippen molar-refractivity contribution in [3.8, 4) is 6.07 Å². The number of aryl methyl sites for hydroxylation is 1. The van der Waals surface area contributed by atoms with Gasteiger partial charge in [-0.1, -0.05) is 0 Å². The molecule has 0 unspecified atom stereocenters. The number of hydrogen-bond acceptors (Lipinski definition) is 6. The third-order valence-electron chi connectivity index (χ3n) is 3.85. The highest BCUT2D eigenvalue weighted by Gasteiger charge is 2.40. The van der Waals surface area contributed by atoms with Crippen molar-refractivity contribution in [2.45, 2.75) is 18.5 Å². The van der Waals surface area contributed by atoms with Gasteiger partial charge in [0.2, 0.25) is 5.91 Å². The quantitative estimate of drug-likeness (QED) is 0.883. The minimum atomic E-state index is -0.130. The van der Waals surface area contributed by atoms with Gasteiger partial charge in [-0.25, -0.2) is 9.97 Å². The molecule has 0 spiro atoms. The van der Waals surface area contributed by atoms with Gasteiger partial charge in [-0.3, -0.25) is 9.48 Å². The summed E-state index contributed by atoms with van der Waals surface area (Å²) in [6, 6.07) is 3.57. The second-order valence-corrected chi connectivity index (χ2v) is 5.18. The Morgan fingerprint density at radius 3 is 2.77 bits per heavy atom. The summed E-state index contributed by atoms with van der Waals surface area (Å²) >= 11 is 0. The molecule has 1 fully saturated rings. The molecule has 1 saturated heterocycles. The summed E-state index contributed by atoms with van der Waals surface area (Å²) in [6.07, 6.45) is 4.99. The van der Waals surface area contributed by atoms with E-state index in [0.717, 1.165) is 5.69 Å². The monoisotopic (exact) mass is 297 g/mol. The van der Waals surface area contributed by atoms with Crippen molar-refractivity contribution in [1.29, 1.82) is 5.26 Å². The second kappa shape index (κ2) is 5.44. The first-order valence-corrected chi connectivity index (χ1v) is 6.82. The fourth-order valence-electron chi connectivity index (χ4n) is 2.73. The molecule has 22 heavy (non-hydrogen) atoms. The molecule has 0 bridgehead atoms. The molecule has 1 N–H and O–H groups in total. The van der Waals surface area contributed by atoms with Crippen LogP contribution in [0.3, 0.4) is 0 Å². The van der Waals surface area contributed by atoms with Crippen molar-refractivity contribution in [1.82, 2.24) is 24.6 Å². The molecule has 0 aromatic carbocycles. The van der Waals surface area contributed by atoms with E-state index < -0.39 is 0 Å². The maximum absolute atomic E-state index is 12.1. The van der Waals surface area contributed by atoms with Gasteiger partial charge in [0.1, 0.15) is 11.9 Å². The van der Waals surface area contributed by atoms with Crippen LogP contribution < -0.4 is 5.32 Å². The van der Waals surface area contributed by atoms with Crippen molar-refractivity contribution in [2.24, 2.45) is 7.05 Å². The lowest BCUT2D eigenvalue weighted by Crippen LogP contribution is -2.31. The molecule has 2 aromatic rings.